The Balaban J connectivity index is 1.93. The second kappa shape index (κ2) is 6.53. The predicted octanol–water partition coefficient (Wildman–Crippen LogP) is 1.06. The average Bonchev–Trinajstić information content (AvgIpc) is 2.88. The van der Waals surface area contributed by atoms with Crippen LogP contribution in [0.25, 0.3) is 0 Å². The Morgan fingerprint density at radius 2 is 2.11 bits per heavy atom. The lowest BCUT2D eigenvalue weighted by Gasteiger charge is -2.36. The molecular formula is C14H27N3O. The zero-order chi connectivity index (χ0) is 13.0. The second-order valence-electron chi connectivity index (χ2n) is 5.72. The minimum atomic E-state index is 0.148. The Kier molecular flexibility index (Phi) is 5.01. The lowest BCUT2D eigenvalue weighted by atomic mass is 10.0. The molecule has 2 fully saturated rings. The van der Waals surface area contributed by atoms with Crippen molar-refractivity contribution in [2.45, 2.75) is 45.1 Å². The molecule has 0 bridgehead atoms. The maximum atomic E-state index is 12.6. The van der Waals surface area contributed by atoms with E-state index < -0.39 is 0 Å². The van der Waals surface area contributed by atoms with Gasteiger partial charge in [0.25, 0.3) is 0 Å². The maximum Gasteiger partial charge on any atom is 0.239 e. The molecular weight excluding hydrogens is 226 g/mol. The molecule has 0 aromatic carbocycles. The highest BCUT2D eigenvalue weighted by molar-refractivity contribution is 5.82. The molecule has 0 aromatic rings. The van der Waals surface area contributed by atoms with Crippen molar-refractivity contribution in [2.24, 2.45) is 11.7 Å². The summed E-state index contributed by atoms with van der Waals surface area (Å²) in [5.41, 5.74) is 5.70. The number of amides is 1. The summed E-state index contributed by atoms with van der Waals surface area (Å²) in [6.45, 7) is 6.86. The van der Waals surface area contributed by atoms with Gasteiger partial charge in [-0.05, 0) is 51.2 Å². The van der Waals surface area contributed by atoms with Crippen molar-refractivity contribution in [1.82, 2.24) is 9.80 Å². The minimum Gasteiger partial charge on any atom is -0.341 e. The van der Waals surface area contributed by atoms with Crippen molar-refractivity contribution in [2.75, 3.05) is 32.7 Å². The summed E-state index contributed by atoms with van der Waals surface area (Å²) in [5.74, 6) is 0.885. The fourth-order valence-corrected chi connectivity index (χ4v) is 3.26. The van der Waals surface area contributed by atoms with Crippen molar-refractivity contribution in [3.8, 4) is 0 Å². The fraction of sp³-hybridized carbons (Fsp3) is 0.929. The van der Waals surface area contributed by atoms with Gasteiger partial charge >= 0.3 is 0 Å². The Hall–Kier alpha value is -0.610. The number of rotatable bonds is 4. The van der Waals surface area contributed by atoms with E-state index in [1.54, 1.807) is 0 Å². The van der Waals surface area contributed by atoms with Crippen LogP contribution in [0.2, 0.25) is 0 Å². The van der Waals surface area contributed by atoms with Gasteiger partial charge in [0, 0.05) is 13.1 Å². The van der Waals surface area contributed by atoms with E-state index in [9.17, 15) is 4.79 Å². The van der Waals surface area contributed by atoms with E-state index in [1.807, 2.05) is 0 Å². The molecule has 2 N–H and O–H groups in total. The smallest absolute Gasteiger partial charge is 0.239 e. The van der Waals surface area contributed by atoms with Crippen LogP contribution in [0, 0.1) is 5.92 Å². The number of piperidine rings is 1. The van der Waals surface area contributed by atoms with Gasteiger partial charge < -0.3 is 10.6 Å². The van der Waals surface area contributed by atoms with Gasteiger partial charge in [0.2, 0.25) is 5.91 Å². The van der Waals surface area contributed by atoms with Crippen molar-refractivity contribution >= 4 is 5.91 Å². The first-order valence-electron chi connectivity index (χ1n) is 7.49. The molecule has 0 aromatic heterocycles. The maximum absolute atomic E-state index is 12.6. The summed E-state index contributed by atoms with van der Waals surface area (Å²) in [6.07, 6.45) is 5.71. The van der Waals surface area contributed by atoms with Crippen LogP contribution in [0.5, 0.6) is 0 Å². The average molecular weight is 253 g/mol. The number of likely N-dealkylation sites (tertiary alicyclic amines) is 2. The standard InChI is InChI=1S/C14H27N3O/c1-2-7-16-8-4-3-5-13(16)14(18)17-9-6-12(10-15)11-17/h12-13H,2-11,15H2,1H3/t12-,13+/m1/s1. The molecule has 0 spiro atoms. The fourth-order valence-electron chi connectivity index (χ4n) is 3.26. The zero-order valence-electron chi connectivity index (χ0n) is 11.6. The minimum absolute atomic E-state index is 0.148. The molecule has 104 valence electrons. The summed E-state index contributed by atoms with van der Waals surface area (Å²) in [7, 11) is 0. The van der Waals surface area contributed by atoms with Crippen molar-refractivity contribution < 1.29 is 4.79 Å². The quantitative estimate of drug-likeness (QED) is 0.815. The molecule has 2 aliphatic rings. The Bertz CT molecular complexity index is 280. The summed E-state index contributed by atoms with van der Waals surface area (Å²) in [5, 5.41) is 0. The van der Waals surface area contributed by atoms with Crippen molar-refractivity contribution in [3.05, 3.63) is 0 Å². The molecule has 4 nitrogen and oxygen atoms in total. The van der Waals surface area contributed by atoms with Gasteiger partial charge in [-0.2, -0.15) is 0 Å². The molecule has 1 amide bonds. The summed E-state index contributed by atoms with van der Waals surface area (Å²) >= 11 is 0. The van der Waals surface area contributed by atoms with E-state index >= 15 is 0 Å². The number of carbonyl (C=O) groups excluding carboxylic acids is 1. The van der Waals surface area contributed by atoms with Gasteiger partial charge in [0.15, 0.2) is 0 Å². The highest BCUT2D eigenvalue weighted by Crippen LogP contribution is 2.22. The van der Waals surface area contributed by atoms with Crippen LogP contribution in [-0.4, -0.2) is 54.5 Å². The first kappa shape index (κ1) is 13.8. The Morgan fingerprint density at radius 1 is 1.28 bits per heavy atom. The molecule has 4 heteroatoms. The lowest BCUT2D eigenvalue weighted by molar-refractivity contribution is -0.137. The summed E-state index contributed by atoms with van der Waals surface area (Å²) in [4.78, 5) is 17.0. The molecule has 0 radical (unpaired) electrons. The molecule has 0 aliphatic carbocycles. The lowest BCUT2D eigenvalue weighted by Crippen LogP contribution is -2.50. The number of nitrogens with two attached hydrogens (primary N) is 1. The molecule has 18 heavy (non-hydrogen) atoms. The zero-order valence-corrected chi connectivity index (χ0v) is 11.6. The first-order chi connectivity index (χ1) is 8.76. The topological polar surface area (TPSA) is 49.6 Å². The van der Waals surface area contributed by atoms with Gasteiger partial charge in [0.05, 0.1) is 6.04 Å². The number of hydrogen-bond acceptors (Lipinski definition) is 3. The number of nitrogens with zero attached hydrogens (tertiary/aromatic N) is 2. The number of hydrogen-bond donors (Lipinski definition) is 1. The van der Waals surface area contributed by atoms with Gasteiger partial charge in [-0.1, -0.05) is 13.3 Å². The Labute approximate surface area is 110 Å². The van der Waals surface area contributed by atoms with Gasteiger partial charge in [-0.15, -0.1) is 0 Å². The van der Waals surface area contributed by atoms with Crippen LogP contribution in [0.1, 0.15) is 39.0 Å². The van der Waals surface area contributed by atoms with Crippen LogP contribution in [0.3, 0.4) is 0 Å². The highest BCUT2D eigenvalue weighted by Gasteiger charge is 2.34. The highest BCUT2D eigenvalue weighted by atomic mass is 16.2. The van der Waals surface area contributed by atoms with E-state index in [4.69, 9.17) is 5.73 Å². The predicted molar refractivity (Wildman–Crippen MR) is 73.2 cm³/mol. The third-order valence-corrected chi connectivity index (χ3v) is 4.34. The van der Waals surface area contributed by atoms with E-state index in [1.165, 1.54) is 12.8 Å². The van der Waals surface area contributed by atoms with E-state index in [0.717, 1.165) is 45.4 Å². The number of carbonyl (C=O) groups is 1. The molecule has 0 saturated carbocycles. The molecule has 2 aliphatic heterocycles. The van der Waals surface area contributed by atoms with E-state index in [0.29, 0.717) is 18.4 Å². The van der Waals surface area contributed by atoms with Gasteiger partial charge in [-0.25, -0.2) is 0 Å². The largest absolute Gasteiger partial charge is 0.341 e. The summed E-state index contributed by atoms with van der Waals surface area (Å²) < 4.78 is 0. The van der Waals surface area contributed by atoms with Gasteiger partial charge in [0.1, 0.15) is 0 Å². The third kappa shape index (κ3) is 3.04. The van der Waals surface area contributed by atoms with E-state index in [-0.39, 0.29) is 6.04 Å². The van der Waals surface area contributed by atoms with Crippen LogP contribution >= 0.6 is 0 Å². The van der Waals surface area contributed by atoms with Crippen LogP contribution in [-0.2, 0) is 4.79 Å². The third-order valence-electron chi connectivity index (χ3n) is 4.34. The molecule has 2 rings (SSSR count). The first-order valence-corrected chi connectivity index (χ1v) is 7.49. The van der Waals surface area contributed by atoms with Gasteiger partial charge in [-0.3, -0.25) is 9.69 Å². The molecule has 0 unspecified atom stereocenters. The molecule has 2 saturated heterocycles. The molecule has 2 atom stereocenters. The SMILES string of the molecule is CCCN1CCCC[C@H]1C(=O)N1CC[C@H](CN)C1. The van der Waals surface area contributed by atoms with E-state index in [2.05, 4.69) is 16.7 Å². The van der Waals surface area contributed by atoms with Crippen LogP contribution in [0.15, 0.2) is 0 Å². The Morgan fingerprint density at radius 3 is 2.78 bits per heavy atom. The summed E-state index contributed by atoms with van der Waals surface area (Å²) in [6, 6.07) is 0.148. The van der Waals surface area contributed by atoms with Crippen LogP contribution < -0.4 is 5.73 Å². The second-order valence-corrected chi connectivity index (χ2v) is 5.72. The van der Waals surface area contributed by atoms with Crippen molar-refractivity contribution in [3.63, 3.8) is 0 Å². The van der Waals surface area contributed by atoms with Crippen molar-refractivity contribution in [1.29, 1.82) is 0 Å². The molecule has 2 heterocycles. The van der Waals surface area contributed by atoms with Crippen LogP contribution in [0.4, 0.5) is 0 Å². The monoisotopic (exact) mass is 253 g/mol. The normalized spacial score (nSPS) is 29.8.